The van der Waals surface area contributed by atoms with E-state index >= 15 is 0 Å². The standard InChI is InChI=1S/C16H18F3N5O2/c17-16(18,19)12-5-8-23(9-11(12)10-25)15(26)22-13-3-1-2-4-14(13)24-20-6-7-21-24/h1-4,6-7,11-12,25H,5,8-10H2,(H,22,26). The molecule has 3 rings (SSSR count). The van der Waals surface area contributed by atoms with E-state index in [0.29, 0.717) is 11.4 Å². The molecule has 26 heavy (non-hydrogen) atoms. The van der Waals surface area contributed by atoms with Gasteiger partial charge in [-0.3, -0.25) is 0 Å². The molecule has 2 heterocycles. The van der Waals surface area contributed by atoms with Gasteiger partial charge in [0.15, 0.2) is 0 Å². The lowest BCUT2D eigenvalue weighted by molar-refractivity contribution is -0.202. The SMILES string of the molecule is O=C(Nc1ccccc1-n1nccn1)N1CCC(C(F)(F)F)C(CO)C1. The van der Waals surface area contributed by atoms with E-state index in [1.165, 1.54) is 22.1 Å². The fraction of sp³-hybridized carbons (Fsp3) is 0.438. The number of rotatable bonds is 3. The third-order valence-electron chi connectivity index (χ3n) is 4.46. The lowest BCUT2D eigenvalue weighted by Gasteiger charge is -2.38. The number of aliphatic hydroxyl groups excluding tert-OH is 1. The molecule has 1 aromatic heterocycles. The summed E-state index contributed by atoms with van der Waals surface area (Å²) in [6, 6.07) is 6.31. The molecule has 0 saturated carbocycles. The second-order valence-corrected chi connectivity index (χ2v) is 6.09. The summed E-state index contributed by atoms with van der Waals surface area (Å²) in [5.41, 5.74) is 0.974. The van der Waals surface area contributed by atoms with Crippen molar-refractivity contribution in [1.29, 1.82) is 0 Å². The molecular weight excluding hydrogens is 351 g/mol. The zero-order valence-electron chi connectivity index (χ0n) is 13.7. The number of likely N-dealkylation sites (tertiary alicyclic amines) is 1. The number of nitrogens with zero attached hydrogens (tertiary/aromatic N) is 4. The fourth-order valence-electron chi connectivity index (χ4n) is 3.12. The van der Waals surface area contributed by atoms with Gasteiger partial charge in [0.05, 0.1) is 24.0 Å². The Labute approximate surface area is 147 Å². The van der Waals surface area contributed by atoms with Gasteiger partial charge in [0.25, 0.3) is 0 Å². The number of aromatic nitrogens is 3. The van der Waals surface area contributed by atoms with E-state index in [9.17, 15) is 23.1 Å². The molecule has 140 valence electrons. The summed E-state index contributed by atoms with van der Waals surface area (Å²) < 4.78 is 39.0. The Bertz CT molecular complexity index is 751. The lowest BCUT2D eigenvalue weighted by atomic mass is 9.85. The van der Waals surface area contributed by atoms with Crippen LogP contribution in [0.15, 0.2) is 36.7 Å². The molecule has 0 radical (unpaired) electrons. The maximum Gasteiger partial charge on any atom is 0.392 e. The Morgan fingerprint density at radius 2 is 1.96 bits per heavy atom. The Morgan fingerprint density at radius 1 is 1.27 bits per heavy atom. The minimum atomic E-state index is -4.38. The minimum Gasteiger partial charge on any atom is -0.396 e. The second kappa shape index (κ2) is 7.32. The van der Waals surface area contributed by atoms with Gasteiger partial charge < -0.3 is 15.3 Å². The van der Waals surface area contributed by atoms with Crippen molar-refractivity contribution in [1.82, 2.24) is 19.9 Å². The molecule has 1 saturated heterocycles. The first-order valence-electron chi connectivity index (χ1n) is 8.09. The molecule has 1 aliphatic heterocycles. The highest BCUT2D eigenvalue weighted by Gasteiger charge is 2.47. The van der Waals surface area contributed by atoms with Crippen molar-refractivity contribution < 1.29 is 23.1 Å². The van der Waals surface area contributed by atoms with Crippen LogP contribution in [0.1, 0.15) is 6.42 Å². The van der Waals surface area contributed by atoms with Crippen LogP contribution < -0.4 is 5.32 Å². The third kappa shape index (κ3) is 3.79. The summed E-state index contributed by atoms with van der Waals surface area (Å²) in [4.78, 5) is 15.1. The van der Waals surface area contributed by atoms with E-state index in [1.54, 1.807) is 24.3 Å². The molecule has 0 bridgehead atoms. The first-order valence-corrected chi connectivity index (χ1v) is 8.09. The van der Waals surface area contributed by atoms with Crippen LogP contribution in [-0.4, -0.2) is 56.9 Å². The number of hydrogen-bond acceptors (Lipinski definition) is 4. The molecule has 2 amide bonds. The maximum atomic E-state index is 13.0. The van der Waals surface area contributed by atoms with Crippen molar-refractivity contribution in [3.8, 4) is 5.69 Å². The molecule has 7 nitrogen and oxygen atoms in total. The number of alkyl halides is 3. The molecule has 1 aromatic carbocycles. The predicted molar refractivity (Wildman–Crippen MR) is 86.7 cm³/mol. The number of hydrogen-bond donors (Lipinski definition) is 2. The average molecular weight is 369 g/mol. The summed E-state index contributed by atoms with van der Waals surface area (Å²) in [7, 11) is 0. The lowest BCUT2D eigenvalue weighted by Crippen LogP contribution is -2.50. The van der Waals surface area contributed by atoms with Crippen molar-refractivity contribution >= 4 is 11.7 Å². The van der Waals surface area contributed by atoms with E-state index < -0.39 is 30.7 Å². The molecule has 2 unspecified atom stereocenters. The van der Waals surface area contributed by atoms with Gasteiger partial charge in [0, 0.05) is 25.6 Å². The number of amides is 2. The van der Waals surface area contributed by atoms with Crippen molar-refractivity contribution in [2.24, 2.45) is 11.8 Å². The number of urea groups is 1. The Morgan fingerprint density at radius 3 is 2.62 bits per heavy atom. The largest absolute Gasteiger partial charge is 0.396 e. The zero-order valence-corrected chi connectivity index (χ0v) is 13.7. The molecule has 0 spiro atoms. The maximum absolute atomic E-state index is 13.0. The number of anilines is 1. The van der Waals surface area contributed by atoms with Crippen molar-refractivity contribution in [2.75, 3.05) is 25.0 Å². The van der Waals surface area contributed by atoms with Gasteiger partial charge in [-0.05, 0) is 18.6 Å². The minimum absolute atomic E-state index is 0.0330. The average Bonchev–Trinajstić information content (AvgIpc) is 3.15. The second-order valence-electron chi connectivity index (χ2n) is 6.09. The molecule has 2 atom stereocenters. The van der Waals surface area contributed by atoms with Gasteiger partial charge in [-0.15, -0.1) is 4.80 Å². The highest BCUT2D eigenvalue weighted by Crippen LogP contribution is 2.37. The third-order valence-corrected chi connectivity index (χ3v) is 4.46. The topological polar surface area (TPSA) is 83.3 Å². The van der Waals surface area contributed by atoms with Crippen LogP contribution >= 0.6 is 0 Å². The van der Waals surface area contributed by atoms with Crippen LogP contribution in [0.2, 0.25) is 0 Å². The molecule has 10 heteroatoms. The Hall–Kier alpha value is -2.62. The van der Waals surface area contributed by atoms with Gasteiger partial charge in [-0.25, -0.2) is 4.79 Å². The highest BCUT2D eigenvalue weighted by molar-refractivity contribution is 5.91. The van der Waals surface area contributed by atoms with Crippen LogP contribution in [-0.2, 0) is 0 Å². The summed E-state index contributed by atoms with van der Waals surface area (Å²) in [5.74, 6) is -2.63. The number of piperidine rings is 1. The van der Waals surface area contributed by atoms with Crippen LogP contribution in [0.4, 0.5) is 23.7 Å². The number of para-hydroxylation sites is 2. The van der Waals surface area contributed by atoms with Crippen LogP contribution in [0.5, 0.6) is 0 Å². The molecule has 1 fully saturated rings. The van der Waals surface area contributed by atoms with Gasteiger partial charge >= 0.3 is 12.2 Å². The number of halogens is 3. The fourth-order valence-corrected chi connectivity index (χ4v) is 3.12. The molecule has 2 aromatic rings. The molecule has 0 aliphatic carbocycles. The summed E-state index contributed by atoms with van der Waals surface area (Å²) in [5, 5.41) is 20.0. The normalized spacial score (nSPS) is 20.8. The van der Waals surface area contributed by atoms with E-state index in [2.05, 4.69) is 15.5 Å². The zero-order chi connectivity index (χ0) is 18.7. The Balaban J connectivity index is 1.72. The van der Waals surface area contributed by atoms with Gasteiger partial charge in [0.2, 0.25) is 0 Å². The van der Waals surface area contributed by atoms with Gasteiger partial charge in [-0.1, -0.05) is 12.1 Å². The smallest absolute Gasteiger partial charge is 0.392 e. The number of carbonyl (C=O) groups is 1. The summed E-state index contributed by atoms with van der Waals surface area (Å²) in [6.07, 6.45) is -1.63. The van der Waals surface area contributed by atoms with Crippen LogP contribution in [0, 0.1) is 11.8 Å². The van der Waals surface area contributed by atoms with Crippen molar-refractivity contribution in [3.05, 3.63) is 36.7 Å². The summed E-state index contributed by atoms with van der Waals surface area (Å²) >= 11 is 0. The molecule has 2 N–H and O–H groups in total. The van der Waals surface area contributed by atoms with E-state index in [4.69, 9.17) is 0 Å². The van der Waals surface area contributed by atoms with Gasteiger partial charge in [-0.2, -0.15) is 23.4 Å². The van der Waals surface area contributed by atoms with Crippen molar-refractivity contribution in [2.45, 2.75) is 12.6 Å². The van der Waals surface area contributed by atoms with Crippen LogP contribution in [0.25, 0.3) is 5.69 Å². The van der Waals surface area contributed by atoms with Gasteiger partial charge in [0.1, 0.15) is 5.69 Å². The first kappa shape index (κ1) is 18.2. The monoisotopic (exact) mass is 369 g/mol. The Kier molecular flexibility index (Phi) is 5.12. The van der Waals surface area contributed by atoms with Crippen LogP contribution in [0.3, 0.4) is 0 Å². The summed E-state index contributed by atoms with van der Waals surface area (Å²) in [6.45, 7) is -0.814. The van der Waals surface area contributed by atoms with E-state index in [0.717, 1.165) is 0 Å². The number of nitrogens with one attached hydrogen (secondary N) is 1. The number of aliphatic hydroxyl groups is 1. The van der Waals surface area contributed by atoms with Crippen molar-refractivity contribution in [3.63, 3.8) is 0 Å². The quantitative estimate of drug-likeness (QED) is 0.870. The predicted octanol–water partition coefficient (Wildman–Crippen LogP) is 2.29. The molecular formula is C16H18F3N5O2. The number of benzene rings is 1. The number of carbonyl (C=O) groups excluding carboxylic acids is 1. The van der Waals surface area contributed by atoms with E-state index in [1.807, 2.05) is 0 Å². The highest BCUT2D eigenvalue weighted by atomic mass is 19.4. The first-order chi connectivity index (χ1) is 12.4. The molecule has 1 aliphatic rings. The van der Waals surface area contributed by atoms with E-state index in [-0.39, 0.29) is 19.5 Å².